The van der Waals surface area contributed by atoms with Crippen LogP contribution < -0.4 is 0 Å². The van der Waals surface area contributed by atoms with Crippen LogP contribution in [0.5, 0.6) is 0 Å². The van der Waals surface area contributed by atoms with Gasteiger partial charge in [-0.25, -0.2) is 9.13 Å². The van der Waals surface area contributed by atoms with Crippen LogP contribution in [0.1, 0.15) is 440 Å². The Kier molecular flexibility index (Phi) is 72.8. The Morgan fingerprint density at radius 3 is 0.738 bits per heavy atom. The highest BCUT2D eigenvalue weighted by Crippen LogP contribution is 2.45. The molecular formula is C84H164O17P2. The standard InChI is InChI=1S/C84H164O17P2/c1-8-10-11-12-13-14-15-16-17-18-19-20-21-22-26-29-32-35-38-43-51-58-65-81(86)94-71-79(100-83(88)67-60-53-44-39-36-33-30-27-24-23-25-28-31-34-37-42-50-57-64-77(7)9-2)73-98-102(90,91)96-69-78(85)70-97-103(92,93)99-74-80(72-95-82(87)66-59-52-47-46-49-56-63-76(5)6)101-84(89)68-61-54-45-40-41-48-55-62-75(3)4/h75-80,85H,8-74H2,1-7H3,(H,90,91)(H,92,93)/t77?,78-,79-,80-/m1/s1. The summed E-state index contributed by atoms with van der Waals surface area (Å²) in [4.78, 5) is 73.0. The van der Waals surface area contributed by atoms with E-state index in [4.69, 9.17) is 37.0 Å². The molecule has 0 fully saturated rings. The lowest BCUT2D eigenvalue weighted by Gasteiger charge is -2.21. The first-order valence-corrected chi connectivity index (χ1v) is 46.4. The predicted octanol–water partition coefficient (Wildman–Crippen LogP) is 25.3. The lowest BCUT2D eigenvalue weighted by atomic mass is 9.99. The molecule has 0 aliphatic rings. The monoisotopic (exact) mass is 1510 g/mol. The molecule has 0 radical (unpaired) electrons. The van der Waals surface area contributed by atoms with Gasteiger partial charge in [0.25, 0.3) is 0 Å². The van der Waals surface area contributed by atoms with E-state index in [9.17, 15) is 43.2 Å². The van der Waals surface area contributed by atoms with Gasteiger partial charge in [0.2, 0.25) is 0 Å². The molecule has 6 atom stereocenters. The molecule has 0 saturated carbocycles. The van der Waals surface area contributed by atoms with Crippen molar-refractivity contribution in [3.05, 3.63) is 0 Å². The van der Waals surface area contributed by atoms with Crippen molar-refractivity contribution in [2.75, 3.05) is 39.6 Å². The summed E-state index contributed by atoms with van der Waals surface area (Å²) in [6.45, 7) is 11.9. The molecule has 0 aromatic heterocycles. The fourth-order valence-corrected chi connectivity index (χ4v) is 14.6. The summed E-state index contributed by atoms with van der Waals surface area (Å²) in [6.07, 6.45) is 64.5. The summed E-state index contributed by atoms with van der Waals surface area (Å²) in [7, 11) is -9.92. The number of hydrogen-bond acceptors (Lipinski definition) is 15. The van der Waals surface area contributed by atoms with E-state index in [0.29, 0.717) is 37.5 Å². The Bertz CT molecular complexity index is 1990. The summed E-state index contributed by atoms with van der Waals surface area (Å²) >= 11 is 0. The van der Waals surface area contributed by atoms with Crippen LogP contribution >= 0.6 is 15.6 Å². The maximum atomic E-state index is 13.1. The average Bonchev–Trinajstić information content (AvgIpc) is 0.916. The molecule has 19 heteroatoms. The molecule has 0 amide bonds. The Morgan fingerprint density at radius 1 is 0.282 bits per heavy atom. The summed E-state index contributed by atoms with van der Waals surface area (Å²) in [5, 5.41) is 10.6. The van der Waals surface area contributed by atoms with Gasteiger partial charge in [-0.05, 0) is 43.4 Å². The number of carbonyl (C=O) groups is 4. The number of unbranched alkanes of at least 4 members (excludes halogenated alkanes) is 49. The third-order valence-corrected chi connectivity index (χ3v) is 21.9. The van der Waals surface area contributed by atoms with Crippen LogP contribution in [0.15, 0.2) is 0 Å². The van der Waals surface area contributed by atoms with Crippen molar-refractivity contribution < 1.29 is 80.2 Å². The number of aliphatic hydroxyl groups excluding tert-OH is 1. The fourth-order valence-electron chi connectivity index (χ4n) is 13.0. The molecule has 3 unspecified atom stereocenters. The van der Waals surface area contributed by atoms with Gasteiger partial charge in [0.15, 0.2) is 12.2 Å². The van der Waals surface area contributed by atoms with Gasteiger partial charge in [0.1, 0.15) is 19.3 Å². The smallest absolute Gasteiger partial charge is 0.462 e. The maximum Gasteiger partial charge on any atom is 0.472 e. The number of aliphatic hydroxyl groups is 1. The molecule has 17 nitrogen and oxygen atoms in total. The van der Waals surface area contributed by atoms with Gasteiger partial charge in [-0.3, -0.25) is 37.3 Å². The molecule has 0 saturated heterocycles. The molecule has 0 aliphatic carbocycles. The first-order chi connectivity index (χ1) is 49.8. The zero-order valence-corrected chi connectivity index (χ0v) is 69.6. The van der Waals surface area contributed by atoms with E-state index < -0.39 is 97.5 Å². The Morgan fingerprint density at radius 2 is 0.495 bits per heavy atom. The Labute approximate surface area is 632 Å². The van der Waals surface area contributed by atoms with Crippen LogP contribution in [-0.2, 0) is 65.4 Å². The highest BCUT2D eigenvalue weighted by molar-refractivity contribution is 7.47. The minimum absolute atomic E-state index is 0.103. The number of phosphoric acid groups is 2. The molecule has 0 spiro atoms. The Hall–Kier alpha value is -1.94. The van der Waals surface area contributed by atoms with Crippen molar-refractivity contribution in [3.63, 3.8) is 0 Å². The zero-order chi connectivity index (χ0) is 75.8. The van der Waals surface area contributed by atoms with Crippen LogP contribution in [0.25, 0.3) is 0 Å². The first kappa shape index (κ1) is 101. The van der Waals surface area contributed by atoms with Gasteiger partial charge in [-0.15, -0.1) is 0 Å². The van der Waals surface area contributed by atoms with Gasteiger partial charge in [0, 0.05) is 25.7 Å². The molecular weight excluding hydrogens is 1340 g/mol. The van der Waals surface area contributed by atoms with Crippen LogP contribution in [0.4, 0.5) is 0 Å². The van der Waals surface area contributed by atoms with Crippen LogP contribution in [0, 0.1) is 17.8 Å². The largest absolute Gasteiger partial charge is 0.472 e. The van der Waals surface area contributed by atoms with Crippen molar-refractivity contribution in [1.82, 2.24) is 0 Å². The van der Waals surface area contributed by atoms with Crippen LogP contribution in [0.2, 0.25) is 0 Å². The number of hydrogen-bond donors (Lipinski definition) is 3. The van der Waals surface area contributed by atoms with E-state index >= 15 is 0 Å². The number of phosphoric ester groups is 2. The van der Waals surface area contributed by atoms with Crippen molar-refractivity contribution in [3.8, 4) is 0 Å². The second kappa shape index (κ2) is 74.2. The summed E-state index contributed by atoms with van der Waals surface area (Å²) in [5.41, 5.74) is 0. The zero-order valence-electron chi connectivity index (χ0n) is 67.8. The van der Waals surface area contributed by atoms with E-state index in [1.807, 2.05) is 0 Å². The summed E-state index contributed by atoms with van der Waals surface area (Å²) in [5.74, 6) is 0.130. The molecule has 0 aliphatic heterocycles. The SMILES string of the molecule is CCCCCCCCCCCCCCCCCCCCCCCCC(=O)OC[C@H](COP(=O)(O)OC[C@@H](O)COP(=O)(O)OC[C@@H](COC(=O)CCCCCCCCC(C)C)OC(=O)CCCCCCCCCC(C)C)OC(=O)CCCCCCCCCCCCCCCCCCCCC(C)CC. The lowest BCUT2D eigenvalue weighted by molar-refractivity contribution is -0.161. The lowest BCUT2D eigenvalue weighted by Crippen LogP contribution is -2.30. The van der Waals surface area contributed by atoms with Crippen molar-refractivity contribution in [1.29, 1.82) is 0 Å². The molecule has 0 heterocycles. The number of carbonyl (C=O) groups excluding carboxylic acids is 4. The topological polar surface area (TPSA) is 237 Å². The van der Waals surface area contributed by atoms with Crippen molar-refractivity contribution in [2.24, 2.45) is 17.8 Å². The van der Waals surface area contributed by atoms with E-state index in [1.54, 1.807) is 0 Å². The summed E-state index contributed by atoms with van der Waals surface area (Å²) in [6, 6.07) is 0. The molecule has 0 bridgehead atoms. The normalized spacial score (nSPS) is 14.2. The molecule has 3 N–H and O–H groups in total. The van der Waals surface area contributed by atoms with Gasteiger partial charge in [-0.2, -0.15) is 0 Å². The fraction of sp³-hybridized carbons (Fsp3) is 0.952. The van der Waals surface area contributed by atoms with Crippen molar-refractivity contribution >= 4 is 39.5 Å². The molecule has 0 rings (SSSR count). The maximum absolute atomic E-state index is 13.1. The van der Waals surface area contributed by atoms with Crippen molar-refractivity contribution in [2.45, 2.75) is 458 Å². The molecule has 0 aromatic rings. The molecule has 612 valence electrons. The van der Waals surface area contributed by atoms with Crippen LogP contribution in [0.3, 0.4) is 0 Å². The molecule has 103 heavy (non-hydrogen) atoms. The first-order valence-electron chi connectivity index (χ1n) is 43.4. The second-order valence-corrected chi connectivity index (χ2v) is 34.3. The highest BCUT2D eigenvalue weighted by atomic mass is 31.2. The van der Waals surface area contributed by atoms with Gasteiger partial charge in [-0.1, -0.05) is 389 Å². The quantitative estimate of drug-likeness (QED) is 0.0222. The van der Waals surface area contributed by atoms with Gasteiger partial charge in [0.05, 0.1) is 26.4 Å². The number of esters is 4. The minimum atomic E-state index is -4.96. The summed E-state index contributed by atoms with van der Waals surface area (Å²) < 4.78 is 68.7. The van der Waals surface area contributed by atoms with E-state index in [2.05, 4.69) is 48.5 Å². The number of rotatable bonds is 82. The Balaban J connectivity index is 5.15. The van der Waals surface area contributed by atoms with E-state index in [0.717, 1.165) is 102 Å². The van der Waals surface area contributed by atoms with Gasteiger partial charge < -0.3 is 33.8 Å². The van der Waals surface area contributed by atoms with Gasteiger partial charge >= 0.3 is 39.5 Å². The van der Waals surface area contributed by atoms with E-state index in [1.165, 1.54) is 244 Å². The number of ether oxygens (including phenoxy) is 4. The van der Waals surface area contributed by atoms with E-state index in [-0.39, 0.29) is 25.7 Å². The third kappa shape index (κ3) is 76.6. The molecule has 0 aromatic carbocycles. The third-order valence-electron chi connectivity index (χ3n) is 20.0. The minimum Gasteiger partial charge on any atom is -0.462 e. The predicted molar refractivity (Wildman–Crippen MR) is 423 cm³/mol. The van der Waals surface area contributed by atoms with Crippen LogP contribution in [-0.4, -0.2) is 96.7 Å². The average molecular weight is 1510 g/mol. The second-order valence-electron chi connectivity index (χ2n) is 31.4. The highest BCUT2D eigenvalue weighted by Gasteiger charge is 2.30.